The number of aryl methyl sites for hydroxylation is 1. The van der Waals surface area contributed by atoms with Crippen molar-refractivity contribution in [2.24, 2.45) is 5.92 Å². The molecular formula is C22H25N5O2S2. The molecule has 2 aliphatic heterocycles. The number of amides is 1. The van der Waals surface area contributed by atoms with Gasteiger partial charge in [0.05, 0.1) is 18.0 Å². The minimum atomic E-state index is 0.0570. The molecule has 9 heteroatoms. The average molecular weight is 456 g/mol. The first-order valence-corrected chi connectivity index (χ1v) is 12.4. The van der Waals surface area contributed by atoms with Crippen LogP contribution in [0.1, 0.15) is 25.3 Å². The van der Waals surface area contributed by atoms with Crippen LogP contribution in [-0.2, 0) is 4.79 Å². The van der Waals surface area contributed by atoms with Gasteiger partial charge in [-0.3, -0.25) is 4.79 Å². The van der Waals surface area contributed by atoms with Gasteiger partial charge in [0.1, 0.15) is 28.4 Å². The molecule has 3 aromatic rings. The number of carbonyl (C=O) groups is 1. The summed E-state index contributed by atoms with van der Waals surface area (Å²) in [4.78, 5) is 30.8. The molecule has 2 aromatic heterocycles. The Morgan fingerprint density at radius 2 is 2.23 bits per heavy atom. The summed E-state index contributed by atoms with van der Waals surface area (Å²) >= 11 is 3.09. The van der Waals surface area contributed by atoms with E-state index in [1.54, 1.807) is 17.7 Å². The maximum absolute atomic E-state index is 13.1. The third-order valence-corrected chi connectivity index (χ3v) is 7.90. The topological polar surface area (TPSA) is 71.5 Å². The number of hydrogen-bond acceptors (Lipinski definition) is 8. The van der Waals surface area contributed by atoms with Gasteiger partial charge in [0.15, 0.2) is 10.8 Å². The number of aromatic nitrogens is 3. The molecule has 0 unspecified atom stereocenters. The van der Waals surface area contributed by atoms with Gasteiger partial charge in [-0.2, -0.15) is 4.98 Å². The van der Waals surface area contributed by atoms with Crippen LogP contribution in [0.4, 0.5) is 10.8 Å². The number of ether oxygens (including phenoxy) is 1. The SMILES string of the molecule is Cc1ccc2c(c1)N(C(=O)CSc1ncnc3nc(N4CCC[C@H](C)C4)sc13)CCO2. The number of nitrogens with zero attached hydrogens (tertiary/aromatic N) is 5. The number of carbonyl (C=O) groups excluding carboxylic acids is 1. The van der Waals surface area contributed by atoms with Crippen LogP contribution in [0.2, 0.25) is 0 Å². The zero-order chi connectivity index (χ0) is 21.4. The van der Waals surface area contributed by atoms with Crippen LogP contribution in [0, 0.1) is 12.8 Å². The molecular weight excluding hydrogens is 430 g/mol. The van der Waals surface area contributed by atoms with Gasteiger partial charge in [-0.15, -0.1) is 0 Å². The highest BCUT2D eigenvalue weighted by Crippen LogP contribution is 2.36. The Morgan fingerprint density at radius 3 is 3.10 bits per heavy atom. The summed E-state index contributed by atoms with van der Waals surface area (Å²) in [5, 5.41) is 1.83. The fraction of sp³-hybridized carbons (Fsp3) is 0.455. The summed E-state index contributed by atoms with van der Waals surface area (Å²) in [6.45, 7) is 7.45. The van der Waals surface area contributed by atoms with E-state index < -0.39 is 0 Å². The molecule has 1 aromatic carbocycles. The molecule has 0 N–H and O–H groups in total. The molecule has 1 saturated heterocycles. The first-order chi connectivity index (χ1) is 15.1. The lowest BCUT2D eigenvalue weighted by Crippen LogP contribution is -2.39. The van der Waals surface area contributed by atoms with E-state index in [1.807, 2.05) is 30.0 Å². The zero-order valence-electron chi connectivity index (χ0n) is 17.7. The minimum absolute atomic E-state index is 0.0570. The molecule has 2 aliphatic rings. The summed E-state index contributed by atoms with van der Waals surface area (Å²) < 4.78 is 6.68. The lowest BCUT2D eigenvalue weighted by atomic mass is 10.0. The van der Waals surface area contributed by atoms with Crippen molar-refractivity contribution in [3.8, 4) is 5.75 Å². The number of hydrogen-bond donors (Lipinski definition) is 0. The standard InChI is InChI=1S/C22H25N5O2S2/c1-14-5-6-17-16(10-14)27(8-9-29-17)18(28)12-30-21-19-20(23-13-24-21)25-22(31-19)26-7-3-4-15(2)11-26/h5-6,10,13,15H,3-4,7-9,11-12H2,1-2H3/t15-/m0/s1. The molecule has 5 rings (SSSR count). The minimum Gasteiger partial charge on any atom is -0.490 e. The Morgan fingerprint density at radius 1 is 1.32 bits per heavy atom. The highest BCUT2D eigenvalue weighted by Gasteiger charge is 2.25. The maximum atomic E-state index is 13.1. The Labute approximate surface area is 189 Å². The van der Waals surface area contributed by atoms with E-state index in [0.717, 1.165) is 50.6 Å². The average Bonchev–Trinajstić information content (AvgIpc) is 3.22. The van der Waals surface area contributed by atoms with E-state index in [-0.39, 0.29) is 5.91 Å². The highest BCUT2D eigenvalue weighted by molar-refractivity contribution is 8.00. The predicted octanol–water partition coefficient (Wildman–Crippen LogP) is 4.15. The quantitative estimate of drug-likeness (QED) is 0.432. The van der Waals surface area contributed by atoms with Crippen molar-refractivity contribution in [1.82, 2.24) is 15.0 Å². The molecule has 0 bridgehead atoms. The molecule has 0 aliphatic carbocycles. The van der Waals surface area contributed by atoms with Crippen molar-refractivity contribution in [2.45, 2.75) is 31.7 Å². The van der Waals surface area contributed by atoms with Crippen LogP contribution in [0.15, 0.2) is 29.6 Å². The van der Waals surface area contributed by atoms with Crippen LogP contribution in [-0.4, -0.2) is 52.9 Å². The first kappa shape index (κ1) is 20.5. The smallest absolute Gasteiger partial charge is 0.237 e. The van der Waals surface area contributed by atoms with E-state index in [4.69, 9.17) is 9.72 Å². The monoisotopic (exact) mass is 455 g/mol. The highest BCUT2D eigenvalue weighted by atomic mass is 32.2. The number of anilines is 2. The number of rotatable bonds is 4. The third-order valence-electron chi connectivity index (χ3n) is 5.69. The first-order valence-electron chi connectivity index (χ1n) is 10.6. The molecule has 0 spiro atoms. The number of thioether (sulfide) groups is 1. The van der Waals surface area contributed by atoms with Gasteiger partial charge in [-0.05, 0) is 43.4 Å². The lowest BCUT2D eigenvalue weighted by Gasteiger charge is -2.30. The lowest BCUT2D eigenvalue weighted by molar-refractivity contribution is -0.116. The molecule has 1 fully saturated rings. The van der Waals surface area contributed by atoms with Crippen molar-refractivity contribution in [1.29, 1.82) is 0 Å². The van der Waals surface area contributed by atoms with Gasteiger partial charge in [0.25, 0.3) is 0 Å². The summed E-state index contributed by atoms with van der Waals surface area (Å²) in [7, 11) is 0. The molecule has 162 valence electrons. The maximum Gasteiger partial charge on any atom is 0.237 e. The van der Waals surface area contributed by atoms with E-state index in [0.29, 0.717) is 24.8 Å². The van der Waals surface area contributed by atoms with Gasteiger partial charge in [0.2, 0.25) is 5.91 Å². The van der Waals surface area contributed by atoms with Crippen molar-refractivity contribution in [2.75, 3.05) is 41.8 Å². The molecule has 1 amide bonds. The summed E-state index contributed by atoms with van der Waals surface area (Å²) in [5.41, 5.74) is 2.68. The van der Waals surface area contributed by atoms with Gasteiger partial charge in [-0.25, -0.2) is 9.97 Å². The van der Waals surface area contributed by atoms with Gasteiger partial charge >= 0.3 is 0 Å². The summed E-state index contributed by atoms with van der Waals surface area (Å²) in [6.07, 6.45) is 4.01. The van der Waals surface area contributed by atoms with Crippen LogP contribution < -0.4 is 14.5 Å². The number of thiazole rings is 1. The summed E-state index contributed by atoms with van der Waals surface area (Å²) in [6, 6.07) is 5.95. The largest absolute Gasteiger partial charge is 0.490 e. The Bertz CT molecular complexity index is 1120. The van der Waals surface area contributed by atoms with E-state index in [9.17, 15) is 4.79 Å². The number of piperidine rings is 1. The molecule has 7 nitrogen and oxygen atoms in total. The van der Waals surface area contributed by atoms with Crippen molar-refractivity contribution in [3.63, 3.8) is 0 Å². The van der Waals surface area contributed by atoms with E-state index >= 15 is 0 Å². The van der Waals surface area contributed by atoms with E-state index in [1.165, 1.54) is 24.6 Å². The second-order valence-electron chi connectivity index (χ2n) is 8.18. The fourth-order valence-corrected chi connectivity index (χ4v) is 6.12. The van der Waals surface area contributed by atoms with Crippen LogP contribution in [0.5, 0.6) is 5.75 Å². The van der Waals surface area contributed by atoms with Crippen LogP contribution in [0.25, 0.3) is 10.3 Å². The molecule has 1 atom stereocenters. The second kappa shape index (κ2) is 8.63. The van der Waals surface area contributed by atoms with E-state index in [2.05, 4.69) is 21.8 Å². The fourth-order valence-electron chi connectivity index (χ4n) is 4.12. The van der Waals surface area contributed by atoms with Crippen LogP contribution in [0.3, 0.4) is 0 Å². The molecule has 31 heavy (non-hydrogen) atoms. The predicted molar refractivity (Wildman–Crippen MR) is 126 cm³/mol. The van der Waals surface area contributed by atoms with Gasteiger partial charge < -0.3 is 14.5 Å². The van der Waals surface area contributed by atoms with Gasteiger partial charge in [-0.1, -0.05) is 36.1 Å². The molecule has 0 saturated carbocycles. The Hall–Kier alpha value is -2.39. The van der Waals surface area contributed by atoms with Crippen molar-refractivity contribution < 1.29 is 9.53 Å². The molecule has 0 radical (unpaired) electrons. The van der Waals surface area contributed by atoms with Gasteiger partial charge in [0, 0.05) is 13.1 Å². The molecule has 4 heterocycles. The normalized spacial score (nSPS) is 18.7. The Balaban J connectivity index is 1.33. The van der Waals surface area contributed by atoms with Crippen molar-refractivity contribution in [3.05, 3.63) is 30.1 Å². The summed E-state index contributed by atoms with van der Waals surface area (Å²) in [5.74, 6) is 1.82. The number of benzene rings is 1. The number of fused-ring (bicyclic) bond motifs is 2. The third kappa shape index (κ3) is 4.21. The van der Waals surface area contributed by atoms with Crippen molar-refractivity contribution >= 4 is 50.2 Å². The Kier molecular flexibility index (Phi) is 5.71. The van der Waals surface area contributed by atoms with Crippen LogP contribution >= 0.6 is 23.1 Å². The zero-order valence-corrected chi connectivity index (χ0v) is 19.3. The second-order valence-corrected chi connectivity index (χ2v) is 10.1.